The number of hydrogen-bond acceptors (Lipinski definition) is 1. The van der Waals surface area contributed by atoms with Crippen molar-refractivity contribution in [3.63, 3.8) is 0 Å². The molecule has 0 atom stereocenters. The number of rotatable bonds is 4. The largest absolute Gasteiger partial charge is 0.266 e. The molecule has 2 rings (SSSR count). The first kappa shape index (κ1) is 9.69. The third-order valence-electron chi connectivity index (χ3n) is 2.72. The molecule has 1 aromatic heterocycles. The van der Waals surface area contributed by atoms with Gasteiger partial charge in [-0.05, 0) is 25.2 Å². The Hall–Kier alpha value is -0.860. The van der Waals surface area contributed by atoms with Gasteiger partial charge in [-0.2, -0.15) is 5.10 Å². The summed E-state index contributed by atoms with van der Waals surface area (Å²) < 4.78 is 15.2. The second-order valence-electron chi connectivity index (χ2n) is 4.56. The summed E-state index contributed by atoms with van der Waals surface area (Å²) in [6.07, 6.45) is 4.68. The van der Waals surface area contributed by atoms with E-state index in [0.29, 0.717) is 11.8 Å². The van der Waals surface area contributed by atoms with Crippen molar-refractivity contribution in [2.24, 2.45) is 5.92 Å². The minimum Gasteiger partial charge on any atom is -0.266 e. The summed E-state index contributed by atoms with van der Waals surface area (Å²) in [5.41, 5.74) is 0.839. The molecule has 0 aromatic carbocycles. The van der Waals surface area contributed by atoms with Crippen molar-refractivity contribution in [2.75, 3.05) is 0 Å². The van der Waals surface area contributed by atoms with Gasteiger partial charge in [0, 0.05) is 12.5 Å². The van der Waals surface area contributed by atoms with E-state index in [1.807, 2.05) is 4.68 Å². The van der Waals surface area contributed by atoms with Crippen LogP contribution >= 0.6 is 0 Å². The Morgan fingerprint density at radius 3 is 2.86 bits per heavy atom. The van der Waals surface area contributed by atoms with E-state index in [-0.39, 0.29) is 5.82 Å². The molecule has 1 heterocycles. The van der Waals surface area contributed by atoms with Crippen LogP contribution in [0.3, 0.4) is 0 Å². The maximum atomic E-state index is 13.3. The maximum absolute atomic E-state index is 13.3. The fourth-order valence-corrected chi connectivity index (χ4v) is 1.69. The summed E-state index contributed by atoms with van der Waals surface area (Å²) in [6, 6.07) is 0. The van der Waals surface area contributed by atoms with Crippen LogP contribution in [-0.4, -0.2) is 9.78 Å². The molecule has 0 amide bonds. The van der Waals surface area contributed by atoms with Crippen molar-refractivity contribution in [3.8, 4) is 0 Å². The lowest BCUT2D eigenvalue weighted by Crippen LogP contribution is -2.07. The topological polar surface area (TPSA) is 17.8 Å². The van der Waals surface area contributed by atoms with Crippen molar-refractivity contribution in [1.29, 1.82) is 0 Å². The predicted octanol–water partition coefficient (Wildman–Crippen LogP) is 2.95. The third-order valence-corrected chi connectivity index (χ3v) is 2.72. The van der Waals surface area contributed by atoms with Crippen LogP contribution < -0.4 is 0 Å². The molecule has 14 heavy (non-hydrogen) atoms. The van der Waals surface area contributed by atoms with E-state index in [1.54, 1.807) is 0 Å². The number of aromatic nitrogens is 2. The van der Waals surface area contributed by atoms with Crippen molar-refractivity contribution in [3.05, 3.63) is 17.7 Å². The lowest BCUT2D eigenvalue weighted by molar-refractivity contribution is 0.470. The van der Waals surface area contributed by atoms with Gasteiger partial charge in [-0.1, -0.05) is 13.8 Å². The van der Waals surface area contributed by atoms with Gasteiger partial charge in [0.1, 0.15) is 0 Å². The Balaban J connectivity index is 2.08. The van der Waals surface area contributed by atoms with Crippen molar-refractivity contribution in [2.45, 2.75) is 45.6 Å². The Labute approximate surface area is 84.1 Å². The van der Waals surface area contributed by atoms with E-state index in [2.05, 4.69) is 18.9 Å². The zero-order valence-electron chi connectivity index (χ0n) is 8.83. The van der Waals surface area contributed by atoms with Crippen LogP contribution in [0.15, 0.2) is 6.20 Å². The summed E-state index contributed by atoms with van der Waals surface area (Å²) in [4.78, 5) is 0. The molecule has 1 fully saturated rings. The molecule has 78 valence electrons. The van der Waals surface area contributed by atoms with Crippen LogP contribution in [0.1, 0.15) is 44.7 Å². The standard InChI is InChI=1S/C11H17FN2/c1-8(2)5-6-14-11(9-3-4-9)10(12)7-13-14/h7-9H,3-6H2,1-2H3. The van der Waals surface area contributed by atoms with Crippen LogP contribution in [0.4, 0.5) is 4.39 Å². The number of halogens is 1. The number of nitrogens with zero attached hydrogens (tertiary/aromatic N) is 2. The molecule has 1 aliphatic rings. The second-order valence-corrected chi connectivity index (χ2v) is 4.56. The van der Waals surface area contributed by atoms with Gasteiger partial charge in [0.05, 0.1) is 11.9 Å². The lowest BCUT2D eigenvalue weighted by atomic mass is 10.1. The SMILES string of the molecule is CC(C)CCn1ncc(F)c1C1CC1. The summed E-state index contributed by atoms with van der Waals surface area (Å²) >= 11 is 0. The second kappa shape index (κ2) is 3.71. The Morgan fingerprint density at radius 2 is 2.29 bits per heavy atom. The van der Waals surface area contributed by atoms with Gasteiger partial charge >= 0.3 is 0 Å². The van der Waals surface area contributed by atoms with E-state index in [0.717, 1.165) is 31.5 Å². The minimum atomic E-state index is -0.115. The first-order valence-corrected chi connectivity index (χ1v) is 5.39. The van der Waals surface area contributed by atoms with Crippen molar-refractivity contribution in [1.82, 2.24) is 9.78 Å². The molecular formula is C11H17FN2. The van der Waals surface area contributed by atoms with E-state index in [4.69, 9.17) is 0 Å². The van der Waals surface area contributed by atoms with Crippen LogP contribution in [0.5, 0.6) is 0 Å². The van der Waals surface area contributed by atoms with Gasteiger partial charge in [-0.25, -0.2) is 4.39 Å². The zero-order valence-corrected chi connectivity index (χ0v) is 8.83. The summed E-state index contributed by atoms with van der Waals surface area (Å²) in [5, 5.41) is 4.09. The van der Waals surface area contributed by atoms with Crippen LogP contribution in [0.25, 0.3) is 0 Å². The van der Waals surface area contributed by atoms with Crippen molar-refractivity contribution < 1.29 is 4.39 Å². The molecule has 0 aliphatic heterocycles. The molecule has 2 nitrogen and oxygen atoms in total. The van der Waals surface area contributed by atoms with Gasteiger partial charge in [-0.15, -0.1) is 0 Å². The summed E-state index contributed by atoms with van der Waals surface area (Å²) in [5.74, 6) is 0.982. The predicted molar refractivity (Wildman–Crippen MR) is 53.6 cm³/mol. The summed E-state index contributed by atoms with van der Waals surface area (Å²) in [6.45, 7) is 5.21. The van der Waals surface area contributed by atoms with Gasteiger partial charge in [-0.3, -0.25) is 4.68 Å². The molecule has 0 spiro atoms. The monoisotopic (exact) mass is 196 g/mol. The Morgan fingerprint density at radius 1 is 1.57 bits per heavy atom. The van der Waals surface area contributed by atoms with E-state index in [9.17, 15) is 4.39 Å². The molecule has 3 heteroatoms. The first-order valence-electron chi connectivity index (χ1n) is 5.39. The number of aryl methyl sites for hydroxylation is 1. The highest BCUT2D eigenvalue weighted by Crippen LogP contribution is 2.41. The molecule has 0 N–H and O–H groups in total. The molecule has 0 unspecified atom stereocenters. The third kappa shape index (κ3) is 1.97. The molecule has 0 saturated heterocycles. The highest BCUT2D eigenvalue weighted by atomic mass is 19.1. The van der Waals surface area contributed by atoms with Gasteiger partial charge in [0.25, 0.3) is 0 Å². The van der Waals surface area contributed by atoms with Gasteiger partial charge in [0.15, 0.2) is 5.82 Å². The minimum absolute atomic E-state index is 0.115. The highest BCUT2D eigenvalue weighted by molar-refractivity contribution is 5.16. The van der Waals surface area contributed by atoms with Gasteiger partial charge in [0.2, 0.25) is 0 Å². The lowest BCUT2D eigenvalue weighted by Gasteiger charge is -2.08. The van der Waals surface area contributed by atoms with E-state index < -0.39 is 0 Å². The van der Waals surface area contributed by atoms with E-state index in [1.165, 1.54) is 6.20 Å². The smallest absolute Gasteiger partial charge is 0.164 e. The van der Waals surface area contributed by atoms with Crippen LogP contribution in [-0.2, 0) is 6.54 Å². The van der Waals surface area contributed by atoms with Crippen LogP contribution in [0, 0.1) is 11.7 Å². The molecule has 1 aliphatic carbocycles. The fourth-order valence-electron chi connectivity index (χ4n) is 1.69. The Bertz CT molecular complexity index is 313. The quantitative estimate of drug-likeness (QED) is 0.724. The zero-order chi connectivity index (χ0) is 10.1. The molecule has 1 saturated carbocycles. The van der Waals surface area contributed by atoms with E-state index >= 15 is 0 Å². The first-order chi connectivity index (χ1) is 6.68. The maximum Gasteiger partial charge on any atom is 0.164 e. The molecule has 0 bridgehead atoms. The molecule has 0 radical (unpaired) electrons. The fraction of sp³-hybridized carbons (Fsp3) is 0.727. The highest BCUT2D eigenvalue weighted by Gasteiger charge is 2.30. The average molecular weight is 196 g/mol. The van der Waals surface area contributed by atoms with Crippen LogP contribution in [0.2, 0.25) is 0 Å². The summed E-state index contributed by atoms with van der Waals surface area (Å²) in [7, 11) is 0. The number of hydrogen-bond donors (Lipinski definition) is 0. The molecular weight excluding hydrogens is 179 g/mol. The Kier molecular flexibility index (Phi) is 2.57. The van der Waals surface area contributed by atoms with Gasteiger partial charge < -0.3 is 0 Å². The van der Waals surface area contributed by atoms with Crippen molar-refractivity contribution >= 4 is 0 Å². The normalized spacial score (nSPS) is 16.6. The molecule has 1 aromatic rings. The average Bonchev–Trinajstić information content (AvgIpc) is 2.88.